The Bertz CT molecular complexity index is 427. The maximum absolute atomic E-state index is 4.55. The van der Waals surface area contributed by atoms with Crippen LogP contribution in [0.4, 0.5) is 0 Å². The summed E-state index contributed by atoms with van der Waals surface area (Å²) in [5.74, 6) is 1.62. The molecule has 0 fully saturated rings. The number of aromatic nitrogens is 2. The largest absolute Gasteiger partial charge is 0.303 e. The standard InChI is InChI=1S/C11H14N2.C2H6/c1-8(2)11-12-9(3)10-6-4-5-7-13(10)11;1-2/h4-8H,1-3H3;1-2H3. The molecule has 82 valence electrons. The minimum atomic E-state index is 0.476. The molecule has 2 rings (SSSR count). The topological polar surface area (TPSA) is 17.3 Å². The van der Waals surface area contributed by atoms with Crippen molar-refractivity contribution < 1.29 is 0 Å². The lowest BCUT2D eigenvalue weighted by atomic mass is 10.2. The van der Waals surface area contributed by atoms with Crippen LogP contribution in [0.1, 0.15) is 45.1 Å². The Kier molecular flexibility index (Phi) is 3.89. The van der Waals surface area contributed by atoms with E-state index in [0.717, 1.165) is 11.5 Å². The Balaban J connectivity index is 0.000000531. The Morgan fingerprint density at radius 1 is 1.20 bits per heavy atom. The Labute approximate surface area is 92.0 Å². The lowest BCUT2D eigenvalue weighted by molar-refractivity contribution is 0.768. The summed E-state index contributed by atoms with van der Waals surface area (Å²) in [4.78, 5) is 4.55. The zero-order chi connectivity index (χ0) is 11.4. The first-order valence-corrected chi connectivity index (χ1v) is 5.63. The molecule has 2 nitrogen and oxygen atoms in total. The van der Waals surface area contributed by atoms with Gasteiger partial charge in [-0.25, -0.2) is 4.98 Å². The lowest BCUT2D eigenvalue weighted by Gasteiger charge is -2.02. The number of aryl methyl sites for hydroxylation is 1. The van der Waals surface area contributed by atoms with Crippen LogP contribution >= 0.6 is 0 Å². The van der Waals surface area contributed by atoms with Crippen LogP contribution in [0.15, 0.2) is 24.4 Å². The normalized spacial score (nSPS) is 10.3. The van der Waals surface area contributed by atoms with E-state index in [2.05, 4.69) is 42.4 Å². The van der Waals surface area contributed by atoms with Gasteiger partial charge in [-0.3, -0.25) is 0 Å². The third kappa shape index (κ3) is 2.20. The summed E-state index contributed by atoms with van der Waals surface area (Å²) in [6.07, 6.45) is 2.07. The predicted octanol–water partition coefficient (Wildman–Crippen LogP) is 3.79. The third-order valence-corrected chi connectivity index (χ3v) is 2.28. The second-order valence-electron chi connectivity index (χ2n) is 3.67. The van der Waals surface area contributed by atoms with Gasteiger partial charge < -0.3 is 4.40 Å². The van der Waals surface area contributed by atoms with Gasteiger partial charge >= 0.3 is 0 Å². The van der Waals surface area contributed by atoms with Crippen molar-refractivity contribution in [2.24, 2.45) is 0 Å². The van der Waals surface area contributed by atoms with Gasteiger partial charge in [-0.05, 0) is 19.1 Å². The van der Waals surface area contributed by atoms with Crippen LogP contribution in [0.5, 0.6) is 0 Å². The molecule has 0 radical (unpaired) electrons. The highest BCUT2D eigenvalue weighted by Crippen LogP contribution is 2.18. The highest BCUT2D eigenvalue weighted by atomic mass is 15.0. The molecule has 2 aromatic rings. The van der Waals surface area contributed by atoms with Crippen LogP contribution in [-0.2, 0) is 0 Å². The van der Waals surface area contributed by atoms with Crippen molar-refractivity contribution in [3.63, 3.8) is 0 Å². The summed E-state index contributed by atoms with van der Waals surface area (Å²) in [5.41, 5.74) is 2.33. The predicted molar refractivity (Wildman–Crippen MR) is 65.4 cm³/mol. The molecule has 15 heavy (non-hydrogen) atoms. The van der Waals surface area contributed by atoms with Gasteiger partial charge in [0.05, 0.1) is 11.2 Å². The van der Waals surface area contributed by atoms with E-state index < -0.39 is 0 Å². The number of hydrogen-bond donors (Lipinski definition) is 0. The van der Waals surface area contributed by atoms with Gasteiger partial charge in [0.1, 0.15) is 5.82 Å². The number of fused-ring (bicyclic) bond motifs is 1. The van der Waals surface area contributed by atoms with E-state index in [0.29, 0.717) is 5.92 Å². The van der Waals surface area contributed by atoms with Gasteiger partial charge in [0.15, 0.2) is 0 Å². The summed E-state index contributed by atoms with van der Waals surface area (Å²) in [7, 11) is 0. The molecular formula is C13H20N2. The van der Waals surface area contributed by atoms with E-state index in [1.54, 1.807) is 0 Å². The smallest absolute Gasteiger partial charge is 0.116 e. The van der Waals surface area contributed by atoms with Gasteiger partial charge in [-0.1, -0.05) is 33.8 Å². The first kappa shape index (κ1) is 11.8. The molecule has 0 atom stereocenters. The van der Waals surface area contributed by atoms with Crippen molar-refractivity contribution in [1.29, 1.82) is 0 Å². The number of nitrogens with zero attached hydrogens (tertiary/aromatic N) is 2. The molecule has 0 aliphatic heterocycles. The maximum atomic E-state index is 4.55. The molecule has 0 aliphatic carbocycles. The van der Waals surface area contributed by atoms with E-state index in [4.69, 9.17) is 0 Å². The minimum Gasteiger partial charge on any atom is -0.303 e. The molecule has 0 unspecified atom stereocenters. The lowest BCUT2D eigenvalue weighted by Crippen LogP contribution is -1.95. The monoisotopic (exact) mass is 204 g/mol. The van der Waals surface area contributed by atoms with Crippen molar-refractivity contribution in [1.82, 2.24) is 9.38 Å². The SMILES string of the molecule is CC.Cc1nc(C(C)C)n2ccccc12. The summed E-state index contributed by atoms with van der Waals surface area (Å²) < 4.78 is 2.17. The summed E-state index contributed by atoms with van der Waals surface area (Å²) in [5, 5.41) is 0. The molecule has 2 aromatic heterocycles. The molecule has 0 saturated carbocycles. The van der Waals surface area contributed by atoms with E-state index in [-0.39, 0.29) is 0 Å². The Morgan fingerprint density at radius 2 is 1.87 bits per heavy atom. The zero-order valence-electron chi connectivity index (χ0n) is 10.3. The minimum absolute atomic E-state index is 0.476. The molecule has 0 aromatic carbocycles. The number of hydrogen-bond acceptors (Lipinski definition) is 1. The van der Waals surface area contributed by atoms with Crippen molar-refractivity contribution >= 4 is 5.52 Å². The zero-order valence-corrected chi connectivity index (χ0v) is 10.3. The van der Waals surface area contributed by atoms with Crippen LogP contribution in [-0.4, -0.2) is 9.38 Å². The molecule has 0 saturated heterocycles. The maximum Gasteiger partial charge on any atom is 0.116 e. The van der Waals surface area contributed by atoms with Gasteiger partial charge in [-0.15, -0.1) is 0 Å². The Morgan fingerprint density at radius 3 is 2.47 bits per heavy atom. The Hall–Kier alpha value is -1.31. The quantitative estimate of drug-likeness (QED) is 0.690. The molecular weight excluding hydrogens is 184 g/mol. The first-order chi connectivity index (χ1) is 7.20. The van der Waals surface area contributed by atoms with Crippen molar-refractivity contribution in [3.8, 4) is 0 Å². The van der Waals surface area contributed by atoms with Crippen LogP contribution in [0.2, 0.25) is 0 Å². The third-order valence-electron chi connectivity index (χ3n) is 2.28. The molecule has 0 bridgehead atoms. The van der Waals surface area contributed by atoms with Crippen LogP contribution in [0.3, 0.4) is 0 Å². The van der Waals surface area contributed by atoms with Crippen molar-refractivity contribution in [2.75, 3.05) is 0 Å². The van der Waals surface area contributed by atoms with Crippen LogP contribution in [0.25, 0.3) is 5.52 Å². The summed E-state index contributed by atoms with van der Waals surface area (Å²) in [6, 6.07) is 6.20. The van der Waals surface area contributed by atoms with Gasteiger partial charge in [0, 0.05) is 12.1 Å². The fourth-order valence-electron chi connectivity index (χ4n) is 1.63. The average molecular weight is 204 g/mol. The fourth-order valence-corrected chi connectivity index (χ4v) is 1.63. The fraction of sp³-hybridized carbons (Fsp3) is 0.462. The second kappa shape index (κ2) is 4.96. The van der Waals surface area contributed by atoms with Crippen LogP contribution in [0, 0.1) is 6.92 Å². The number of imidazole rings is 1. The average Bonchev–Trinajstić information content (AvgIpc) is 2.60. The van der Waals surface area contributed by atoms with Crippen LogP contribution < -0.4 is 0 Å². The molecule has 0 N–H and O–H groups in total. The van der Waals surface area contributed by atoms with Crippen molar-refractivity contribution in [3.05, 3.63) is 35.9 Å². The number of rotatable bonds is 1. The summed E-state index contributed by atoms with van der Waals surface area (Å²) >= 11 is 0. The number of pyridine rings is 1. The van der Waals surface area contributed by atoms with E-state index >= 15 is 0 Å². The van der Waals surface area contributed by atoms with Crippen molar-refractivity contribution in [2.45, 2.75) is 40.5 Å². The molecule has 2 heterocycles. The molecule has 2 heteroatoms. The first-order valence-electron chi connectivity index (χ1n) is 5.63. The van der Waals surface area contributed by atoms with E-state index in [1.165, 1.54) is 5.52 Å². The van der Waals surface area contributed by atoms with Gasteiger partial charge in [0.25, 0.3) is 0 Å². The highest BCUT2D eigenvalue weighted by molar-refractivity contribution is 5.52. The molecule has 0 amide bonds. The van der Waals surface area contributed by atoms with Gasteiger partial charge in [-0.2, -0.15) is 0 Å². The summed E-state index contributed by atoms with van der Waals surface area (Å²) in [6.45, 7) is 10.4. The van der Waals surface area contributed by atoms with E-state index in [1.807, 2.05) is 26.0 Å². The van der Waals surface area contributed by atoms with Gasteiger partial charge in [0.2, 0.25) is 0 Å². The highest BCUT2D eigenvalue weighted by Gasteiger charge is 2.09. The molecule has 0 aliphatic rings. The molecule has 0 spiro atoms. The second-order valence-corrected chi connectivity index (χ2v) is 3.67. The van der Waals surface area contributed by atoms with E-state index in [9.17, 15) is 0 Å².